The number of ether oxygens (including phenoxy) is 1. The van der Waals surface area contributed by atoms with E-state index in [2.05, 4.69) is 20.6 Å². The van der Waals surface area contributed by atoms with Crippen molar-refractivity contribution in [3.8, 4) is 5.88 Å². The molecule has 0 atom stereocenters. The summed E-state index contributed by atoms with van der Waals surface area (Å²) in [5.74, 6) is 0.987. The second kappa shape index (κ2) is 10.1. The Hall–Kier alpha value is -3.41. The first-order valence-corrected chi connectivity index (χ1v) is 9.04. The van der Waals surface area contributed by atoms with Gasteiger partial charge in [-0.15, -0.1) is 0 Å². The van der Waals surface area contributed by atoms with Gasteiger partial charge in [-0.3, -0.25) is 4.99 Å². The molecule has 0 saturated carbocycles. The molecule has 28 heavy (non-hydrogen) atoms. The van der Waals surface area contributed by atoms with E-state index in [9.17, 15) is 4.39 Å². The molecule has 0 aliphatic carbocycles. The van der Waals surface area contributed by atoms with Gasteiger partial charge in [-0.25, -0.2) is 9.37 Å². The Morgan fingerprint density at radius 3 is 2.43 bits per heavy atom. The van der Waals surface area contributed by atoms with Gasteiger partial charge in [0.2, 0.25) is 5.88 Å². The lowest BCUT2D eigenvalue weighted by atomic mass is 10.2. The van der Waals surface area contributed by atoms with Gasteiger partial charge < -0.3 is 15.4 Å². The molecule has 144 valence electrons. The first-order chi connectivity index (χ1) is 13.7. The van der Waals surface area contributed by atoms with Crippen molar-refractivity contribution < 1.29 is 9.13 Å². The van der Waals surface area contributed by atoms with Crippen LogP contribution in [-0.2, 0) is 19.7 Å². The zero-order chi connectivity index (χ0) is 19.6. The first kappa shape index (κ1) is 19.4. The Morgan fingerprint density at radius 1 is 0.929 bits per heavy atom. The third kappa shape index (κ3) is 5.81. The zero-order valence-corrected chi connectivity index (χ0v) is 15.7. The van der Waals surface area contributed by atoms with E-state index >= 15 is 0 Å². The minimum Gasteiger partial charge on any atom is -0.473 e. The third-order valence-corrected chi connectivity index (χ3v) is 4.11. The molecule has 0 fully saturated rings. The van der Waals surface area contributed by atoms with Crippen molar-refractivity contribution in [2.24, 2.45) is 4.99 Å². The Labute approximate surface area is 164 Å². The quantitative estimate of drug-likeness (QED) is 0.487. The topological polar surface area (TPSA) is 58.5 Å². The summed E-state index contributed by atoms with van der Waals surface area (Å²) in [6.45, 7) is 1.52. The lowest BCUT2D eigenvalue weighted by Crippen LogP contribution is -2.36. The fraction of sp³-hybridized carbons (Fsp3) is 0.182. The molecule has 3 rings (SSSR count). The zero-order valence-electron chi connectivity index (χ0n) is 15.7. The fourth-order valence-electron chi connectivity index (χ4n) is 2.60. The van der Waals surface area contributed by atoms with Crippen molar-refractivity contribution >= 4 is 5.96 Å². The summed E-state index contributed by atoms with van der Waals surface area (Å²) in [6.07, 6.45) is 1.71. The standard InChI is InChI=1S/C22H23FN4O/c1-24-22(26-14-17-9-11-20(23)12-10-17)27-15-19-8-5-13-25-21(19)28-16-18-6-3-2-4-7-18/h2-13H,14-16H2,1H3,(H2,24,26,27). The van der Waals surface area contributed by atoms with Crippen LogP contribution in [0.2, 0.25) is 0 Å². The number of aliphatic imine (C=N–C) groups is 1. The van der Waals surface area contributed by atoms with Crippen LogP contribution in [0.25, 0.3) is 0 Å². The van der Waals surface area contributed by atoms with Crippen LogP contribution in [0, 0.1) is 5.82 Å². The molecule has 2 aromatic carbocycles. The molecule has 0 radical (unpaired) electrons. The highest BCUT2D eigenvalue weighted by Gasteiger charge is 2.07. The highest BCUT2D eigenvalue weighted by atomic mass is 19.1. The van der Waals surface area contributed by atoms with Gasteiger partial charge in [0.05, 0.1) is 0 Å². The first-order valence-electron chi connectivity index (χ1n) is 9.04. The van der Waals surface area contributed by atoms with E-state index in [1.54, 1.807) is 25.4 Å². The summed E-state index contributed by atoms with van der Waals surface area (Å²) in [4.78, 5) is 8.56. The van der Waals surface area contributed by atoms with E-state index in [-0.39, 0.29) is 5.82 Å². The van der Waals surface area contributed by atoms with Crippen LogP contribution >= 0.6 is 0 Å². The molecule has 2 N–H and O–H groups in total. The molecule has 0 saturated heterocycles. The van der Waals surface area contributed by atoms with Crippen molar-refractivity contribution in [3.05, 3.63) is 95.4 Å². The number of nitrogens with zero attached hydrogens (tertiary/aromatic N) is 2. The lowest BCUT2D eigenvalue weighted by Gasteiger charge is -2.14. The van der Waals surface area contributed by atoms with Crippen molar-refractivity contribution in [2.75, 3.05) is 7.05 Å². The highest BCUT2D eigenvalue weighted by Crippen LogP contribution is 2.16. The number of benzene rings is 2. The molecule has 0 spiro atoms. The Balaban J connectivity index is 1.54. The predicted octanol–water partition coefficient (Wildman–Crippen LogP) is 3.66. The number of halogens is 1. The number of nitrogens with one attached hydrogen (secondary N) is 2. The molecule has 1 heterocycles. The summed E-state index contributed by atoms with van der Waals surface area (Å²) < 4.78 is 18.9. The molecule has 3 aromatic rings. The summed E-state index contributed by atoms with van der Waals surface area (Å²) in [6, 6.07) is 20.2. The summed E-state index contributed by atoms with van der Waals surface area (Å²) in [7, 11) is 1.70. The smallest absolute Gasteiger partial charge is 0.218 e. The number of hydrogen-bond donors (Lipinski definition) is 2. The van der Waals surface area contributed by atoms with E-state index < -0.39 is 0 Å². The fourth-order valence-corrected chi connectivity index (χ4v) is 2.60. The largest absolute Gasteiger partial charge is 0.473 e. The van der Waals surface area contributed by atoms with Gasteiger partial charge in [0.15, 0.2) is 5.96 Å². The van der Waals surface area contributed by atoms with Gasteiger partial charge in [-0.2, -0.15) is 0 Å². The van der Waals surface area contributed by atoms with E-state index in [4.69, 9.17) is 4.74 Å². The molecular weight excluding hydrogens is 355 g/mol. The van der Waals surface area contributed by atoms with Crippen LogP contribution in [0.1, 0.15) is 16.7 Å². The average Bonchev–Trinajstić information content (AvgIpc) is 2.75. The van der Waals surface area contributed by atoms with E-state index in [0.29, 0.717) is 31.5 Å². The molecule has 1 aromatic heterocycles. The summed E-state index contributed by atoms with van der Waals surface area (Å²) in [5.41, 5.74) is 2.99. The third-order valence-electron chi connectivity index (χ3n) is 4.11. The van der Waals surface area contributed by atoms with Crippen LogP contribution in [-0.4, -0.2) is 18.0 Å². The minimum atomic E-state index is -0.245. The van der Waals surface area contributed by atoms with Crippen LogP contribution in [0.4, 0.5) is 4.39 Å². The van der Waals surface area contributed by atoms with Gasteiger partial charge in [0.25, 0.3) is 0 Å². The van der Waals surface area contributed by atoms with Gasteiger partial charge in [0.1, 0.15) is 12.4 Å². The Bertz CT molecular complexity index is 898. The molecule has 6 heteroatoms. The van der Waals surface area contributed by atoms with E-state index in [0.717, 1.165) is 16.7 Å². The van der Waals surface area contributed by atoms with E-state index in [1.165, 1.54) is 12.1 Å². The van der Waals surface area contributed by atoms with Gasteiger partial charge in [-0.1, -0.05) is 48.5 Å². The SMILES string of the molecule is CN=C(NCc1ccc(F)cc1)NCc1cccnc1OCc1ccccc1. The number of aromatic nitrogens is 1. The van der Waals surface area contributed by atoms with Gasteiger partial charge in [0, 0.05) is 31.9 Å². The van der Waals surface area contributed by atoms with Crippen LogP contribution < -0.4 is 15.4 Å². The maximum Gasteiger partial charge on any atom is 0.218 e. The molecular formula is C22H23FN4O. The number of pyridine rings is 1. The van der Waals surface area contributed by atoms with Crippen molar-refractivity contribution in [1.82, 2.24) is 15.6 Å². The van der Waals surface area contributed by atoms with E-state index in [1.807, 2.05) is 42.5 Å². The second-order valence-corrected chi connectivity index (χ2v) is 6.15. The van der Waals surface area contributed by atoms with Crippen LogP contribution in [0.3, 0.4) is 0 Å². The summed E-state index contributed by atoms with van der Waals surface area (Å²) >= 11 is 0. The van der Waals surface area contributed by atoms with Crippen molar-refractivity contribution in [3.63, 3.8) is 0 Å². The number of guanidine groups is 1. The minimum absolute atomic E-state index is 0.245. The van der Waals surface area contributed by atoms with Gasteiger partial charge >= 0.3 is 0 Å². The second-order valence-electron chi connectivity index (χ2n) is 6.15. The predicted molar refractivity (Wildman–Crippen MR) is 108 cm³/mol. The Kier molecular flexibility index (Phi) is 6.95. The number of hydrogen-bond acceptors (Lipinski definition) is 3. The Morgan fingerprint density at radius 2 is 1.68 bits per heavy atom. The molecule has 0 aliphatic rings. The molecule has 0 amide bonds. The van der Waals surface area contributed by atoms with Crippen molar-refractivity contribution in [2.45, 2.75) is 19.7 Å². The molecule has 5 nitrogen and oxygen atoms in total. The maximum absolute atomic E-state index is 13.0. The normalized spacial score (nSPS) is 11.1. The number of rotatable bonds is 7. The van der Waals surface area contributed by atoms with Crippen molar-refractivity contribution in [1.29, 1.82) is 0 Å². The highest BCUT2D eigenvalue weighted by molar-refractivity contribution is 5.79. The maximum atomic E-state index is 13.0. The van der Waals surface area contributed by atoms with Crippen LogP contribution in [0.15, 0.2) is 77.9 Å². The molecule has 0 unspecified atom stereocenters. The summed E-state index contributed by atoms with van der Waals surface area (Å²) in [5, 5.41) is 6.46. The monoisotopic (exact) mass is 378 g/mol. The van der Waals surface area contributed by atoms with Gasteiger partial charge in [-0.05, 0) is 29.3 Å². The molecule has 0 bridgehead atoms. The molecule has 0 aliphatic heterocycles. The van der Waals surface area contributed by atoms with Crippen LogP contribution in [0.5, 0.6) is 5.88 Å². The average molecular weight is 378 g/mol. The lowest BCUT2D eigenvalue weighted by molar-refractivity contribution is 0.290.